The second kappa shape index (κ2) is 4.59. The number of hydrogen-bond acceptors (Lipinski definition) is 3. The fourth-order valence-corrected chi connectivity index (χ4v) is 5.01. The van der Waals surface area contributed by atoms with Crippen molar-refractivity contribution in [3.63, 3.8) is 0 Å². The Kier molecular flexibility index (Phi) is 3.38. The molecular formula is C13H15FO4S. The molecule has 1 N–H and O–H groups in total. The Morgan fingerprint density at radius 3 is 2.37 bits per heavy atom. The molecule has 104 valence electrons. The minimum atomic E-state index is -4.03. The van der Waals surface area contributed by atoms with Crippen LogP contribution in [-0.4, -0.2) is 24.2 Å². The maximum absolute atomic E-state index is 12.9. The van der Waals surface area contributed by atoms with E-state index in [1.165, 1.54) is 0 Å². The van der Waals surface area contributed by atoms with Gasteiger partial charge in [0.25, 0.3) is 0 Å². The van der Waals surface area contributed by atoms with Crippen LogP contribution in [0.1, 0.15) is 26.2 Å². The third-order valence-electron chi connectivity index (χ3n) is 3.95. The van der Waals surface area contributed by atoms with Crippen molar-refractivity contribution in [3.05, 3.63) is 30.1 Å². The van der Waals surface area contributed by atoms with Crippen molar-refractivity contribution >= 4 is 15.8 Å². The van der Waals surface area contributed by atoms with E-state index in [0.717, 1.165) is 24.3 Å². The number of sulfone groups is 1. The van der Waals surface area contributed by atoms with Crippen LogP contribution >= 0.6 is 0 Å². The van der Waals surface area contributed by atoms with Crippen molar-refractivity contribution in [1.29, 1.82) is 0 Å². The standard InChI is InChI=1S/C13H15FO4S/c1-9-3-2-8-13(9,12(15)16)19(17,18)11-6-4-10(14)5-7-11/h4-7,9H,2-3,8H2,1H3,(H,15,16). The van der Waals surface area contributed by atoms with E-state index < -0.39 is 32.3 Å². The van der Waals surface area contributed by atoms with Gasteiger partial charge in [-0.15, -0.1) is 0 Å². The van der Waals surface area contributed by atoms with Gasteiger partial charge in [-0.05, 0) is 43.0 Å². The molecule has 6 heteroatoms. The Labute approximate surface area is 111 Å². The quantitative estimate of drug-likeness (QED) is 0.865. The molecular weight excluding hydrogens is 271 g/mol. The second-order valence-electron chi connectivity index (χ2n) is 4.95. The molecule has 1 saturated carbocycles. The van der Waals surface area contributed by atoms with Crippen molar-refractivity contribution in [1.82, 2.24) is 0 Å². The zero-order chi connectivity index (χ0) is 14.3. The lowest BCUT2D eigenvalue weighted by atomic mass is 9.97. The van der Waals surface area contributed by atoms with Crippen LogP contribution in [0.5, 0.6) is 0 Å². The Balaban J connectivity index is 2.59. The highest BCUT2D eigenvalue weighted by Gasteiger charge is 2.57. The summed E-state index contributed by atoms with van der Waals surface area (Å²) in [6, 6.07) is 4.31. The Morgan fingerprint density at radius 1 is 1.37 bits per heavy atom. The zero-order valence-electron chi connectivity index (χ0n) is 10.5. The lowest BCUT2D eigenvalue weighted by Gasteiger charge is -2.28. The van der Waals surface area contributed by atoms with Crippen LogP contribution in [0.25, 0.3) is 0 Å². The predicted octanol–water partition coefficient (Wildman–Crippen LogP) is 2.24. The van der Waals surface area contributed by atoms with Crippen molar-refractivity contribution < 1.29 is 22.7 Å². The molecule has 1 fully saturated rings. The molecule has 1 aromatic rings. The van der Waals surface area contributed by atoms with Gasteiger partial charge in [0.05, 0.1) is 4.90 Å². The van der Waals surface area contributed by atoms with Crippen LogP contribution in [0.3, 0.4) is 0 Å². The molecule has 2 atom stereocenters. The highest BCUT2D eigenvalue weighted by Crippen LogP contribution is 2.44. The Bertz CT molecular complexity index is 594. The number of carboxylic acids is 1. The SMILES string of the molecule is CC1CCCC1(C(=O)O)S(=O)(=O)c1ccc(F)cc1. The van der Waals surface area contributed by atoms with Gasteiger partial charge in [0.1, 0.15) is 5.82 Å². The Hall–Kier alpha value is -1.43. The highest BCUT2D eigenvalue weighted by atomic mass is 32.2. The number of hydrogen-bond donors (Lipinski definition) is 1. The van der Waals surface area contributed by atoms with Gasteiger partial charge in [0, 0.05) is 0 Å². The first kappa shape index (κ1) is 14.0. The van der Waals surface area contributed by atoms with E-state index in [1.54, 1.807) is 6.92 Å². The van der Waals surface area contributed by atoms with Crippen LogP contribution in [0.4, 0.5) is 4.39 Å². The summed E-state index contributed by atoms with van der Waals surface area (Å²) < 4.78 is 36.3. The first-order valence-electron chi connectivity index (χ1n) is 6.06. The molecule has 0 radical (unpaired) electrons. The summed E-state index contributed by atoms with van der Waals surface area (Å²) in [6.45, 7) is 1.64. The van der Waals surface area contributed by atoms with E-state index in [9.17, 15) is 22.7 Å². The van der Waals surface area contributed by atoms with Crippen LogP contribution in [-0.2, 0) is 14.6 Å². The number of carboxylic acid groups (broad SMARTS) is 1. The molecule has 1 aliphatic carbocycles. The van der Waals surface area contributed by atoms with E-state index >= 15 is 0 Å². The summed E-state index contributed by atoms with van der Waals surface area (Å²) in [5.41, 5.74) is 0. The molecule has 0 saturated heterocycles. The van der Waals surface area contributed by atoms with E-state index in [2.05, 4.69) is 0 Å². The van der Waals surface area contributed by atoms with Gasteiger partial charge in [-0.1, -0.05) is 13.3 Å². The monoisotopic (exact) mass is 286 g/mol. The summed E-state index contributed by atoms with van der Waals surface area (Å²) in [4.78, 5) is 11.4. The topological polar surface area (TPSA) is 71.4 Å². The van der Waals surface area contributed by atoms with Crippen molar-refractivity contribution in [2.24, 2.45) is 5.92 Å². The molecule has 0 heterocycles. The van der Waals surface area contributed by atoms with Gasteiger partial charge in [0.2, 0.25) is 0 Å². The summed E-state index contributed by atoms with van der Waals surface area (Å²) >= 11 is 0. The van der Waals surface area contributed by atoms with E-state index in [1.807, 2.05) is 0 Å². The highest BCUT2D eigenvalue weighted by molar-refractivity contribution is 7.93. The van der Waals surface area contributed by atoms with Gasteiger partial charge in [-0.25, -0.2) is 12.8 Å². The van der Waals surface area contributed by atoms with Crippen LogP contribution in [0.2, 0.25) is 0 Å². The van der Waals surface area contributed by atoms with Crippen LogP contribution in [0, 0.1) is 11.7 Å². The number of carbonyl (C=O) groups is 1. The molecule has 2 unspecified atom stereocenters. The number of benzene rings is 1. The van der Waals surface area contributed by atoms with Gasteiger partial charge < -0.3 is 5.11 Å². The molecule has 19 heavy (non-hydrogen) atoms. The molecule has 4 nitrogen and oxygen atoms in total. The number of rotatable bonds is 3. The summed E-state index contributed by atoms with van der Waals surface area (Å²) in [7, 11) is -4.03. The fourth-order valence-electron chi connectivity index (χ4n) is 2.81. The smallest absolute Gasteiger partial charge is 0.325 e. The van der Waals surface area contributed by atoms with Crippen molar-refractivity contribution in [2.75, 3.05) is 0 Å². The summed E-state index contributed by atoms with van der Waals surface area (Å²) in [6.07, 6.45) is 1.23. The first-order chi connectivity index (χ1) is 8.82. The van der Waals surface area contributed by atoms with E-state index in [4.69, 9.17) is 0 Å². The molecule has 0 amide bonds. The summed E-state index contributed by atoms with van der Waals surface area (Å²) in [5, 5.41) is 9.43. The van der Waals surface area contributed by atoms with Gasteiger partial charge in [0.15, 0.2) is 14.6 Å². The average Bonchev–Trinajstić information content (AvgIpc) is 2.73. The number of aliphatic carboxylic acids is 1. The number of halogens is 1. The normalized spacial score (nSPS) is 27.4. The second-order valence-corrected chi connectivity index (χ2v) is 7.15. The molecule has 0 bridgehead atoms. The minimum absolute atomic E-state index is 0.100. The van der Waals surface area contributed by atoms with Crippen molar-refractivity contribution in [2.45, 2.75) is 35.8 Å². The van der Waals surface area contributed by atoms with Gasteiger partial charge in [-0.3, -0.25) is 4.79 Å². The lowest BCUT2D eigenvalue weighted by Crippen LogP contribution is -2.48. The van der Waals surface area contributed by atoms with Gasteiger partial charge in [-0.2, -0.15) is 0 Å². The lowest BCUT2D eigenvalue weighted by molar-refractivity contribution is -0.141. The molecule has 0 aliphatic heterocycles. The fraction of sp³-hybridized carbons (Fsp3) is 0.462. The maximum Gasteiger partial charge on any atom is 0.325 e. The molecule has 1 aliphatic rings. The van der Waals surface area contributed by atoms with Crippen LogP contribution in [0.15, 0.2) is 29.2 Å². The largest absolute Gasteiger partial charge is 0.480 e. The molecule has 0 spiro atoms. The zero-order valence-corrected chi connectivity index (χ0v) is 11.3. The maximum atomic E-state index is 12.9. The molecule has 2 rings (SSSR count). The third-order valence-corrected chi connectivity index (χ3v) is 6.58. The predicted molar refractivity (Wildman–Crippen MR) is 67.0 cm³/mol. The van der Waals surface area contributed by atoms with E-state index in [0.29, 0.717) is 12.8 Å². The average molecular weight is 286 g/mol. The first-order valence-corrected chi connectivity index (χ1v) is 7.54. The van der Waals surface area contributed by atoms with Gasteiger partial charge >= 0.3 is 5.97 Å². The van der Waals surface area contributed by atoms with E-state index in [-0.39, 0.29) is 11.3 Å². The summed E-state index contributed by atoms with van der Waals surface area (Å²) in [5.74, 6) is -2.33. The minimum Gasteiger partial charge on any atom is -0.480 e. The molecule has 0 aromatic heterocycles. The molecule has 1 aromatic carbocycles. The Morgan fingerprint density at radius 2 is 1.95 bits per heavy atom. The van der Waals surface area contributed by atoms with Crippen molar-refractivity contribution in [3.8, 4) is 0 Å². The van der Waals surface area contributed by atoms with Crippen LogP contribution < -0.4 is 0 Å². The third kappa shape index (κ3) is 1.94.